The lowest BCUT2D eigenvalue weighted by Gasteiger charge is -2.24. The Morgan fingerprint density at radius 2 is 2.00 bits per heavy atom. The molecule has 0 bridgehead atoms. The maximum Gasteiger partial charge on any atom is 0.141 e. The molecule has 1 fully saturated rings. The second kappa shape index (κ2) is 5.05. The van der Waals surface area contributed by atoms with E-state index in [9.17, 15) is 0 Å². The van der Waals surface area contributed by atoms with Gasteiger partial charge >= 0.3 is 0 Å². The Kier molecular flexibility index (Phi) is 3.72. The Bertz CT molecular complexity index is 284. The van der Waals surface area contributed by atoms with Gasteiger partial charge in [0.1, 0.15) is 11.0 Å². The SMILES string of the molecule is ClC1=CC(=NC2CCCCC2)NN(Cl)N1. The monoisotopic (exact) mass is 248 g/mol. The predicted molar refractivity (Wildman–Crippen MR) is 62.2 cm³/mol. The maximum absolute atomic E-state index is 5.83. The van der Waals surface area contributed by atoms with E-state index in [1.54, 1.807) is 6.08 Å². The average molecular weight is 249 g/mol. The fourth-order valence-electron chi connectivity index (χ4n) is 1.88. The summed E-state index contributed by atoms with van der Waals surface area (Å²) in [4.78, 5) is 4.57. The first-order valence-electron chi connectivity index (χ1n) is 5.18. The van der Waals surface area contributed by atoms with E-state index in [-0.39, 0.29) is 0 Å². The van der Waals surface area contributed by atoms with Crippen molar-refractivity contribution >= 4 is 29.2 Å². The van der Waals surface area contributed by atoms with Gasteiger partial charge < -0.3 is 0 Å². The number of hydrazine groups is 2. The molecule has 1 aliphatic heterocycles. The summed E-state index contributed by atoms with van der Waals surface area (Å²) in [5.74, 6) is 0.723. The smallest absolute Gasteiger partial charge is 0.141 e. The fourth-order valence-corrected chi connectivity index (χ4v) is 2.29. The van der Waals surface area contributed by atoms with Crippen LogP contribution in [0.4, 0.5) is 0 Å². The van der Waals surface area contributed by atoms with Crippen molar-refractivity contribution in [2.75, 3.05) is 0 Å². The summed E-state index contributed by atoms with van der Waals surface area (Å²) < 4.78 is 1.18. The van der Waals surface area contributed by atoms with E-state index in [1.807, 2.05) is 0 Å². The highest BCUT2D eigenvalue weighted by atomic mass is 35.5. The predicted octanol–water partition coefficient (Wildman–Crippen LogP) is 2.28. The zero-order chi connectivity index (χ0) is 10.7. The van der Waals surface area contributed by atoms with Gasteiger partial charge in [-0.15, -0.1) is 0 Å². The maximum atomic E-state index is 5.83. The number of hydrogen-bond donors (Lipinski definition) is 2. The molecule has 0 radical (unpaired) electrons. The lowest BCUT2D eigenvalue weighted by Crippen LogP contribution is -2.47. The first-order valence-corrected chi connectivity index (χ1v) is 5.90. The molecule has 0 saturated heterocycles. The molecular weight excluding hydrogens is 235 g/mol. The van der Waals surface area contributed by atoms with Crippen LogP contribution < -0.4 is 10.9 Å². The molecule has 2 rings (SSSR count). The standard InChI is InChI=1S/C9H14Cl2N4/c10-8-6-9(14-15(11)13-8)12-7-4-2-1-3-5-7/h6-7,13H,1-5H2,(H,12,14). The number of amidine groups is 1. The molecule has 0 aromatic rings. The Hall–Kier alpha value is -0.450. The third-order valence-corrected chi connectivity index (χ3v) is 2.94. The molecule has 2 aliphatic rings. The van der Waals surface area contributed by atoms with Gasteiger partial charge in [-0.1, -0.05) is 30.9 Å². The minimum atomic E-state index is 0.408. The van der Waals surface area contributed by atoms with Crippen molar-refractivity contribution in [3.8, 4) is 0 Å². The molecule has 6 heteroatoms. The van der Waals surface area contributed by atoms with E-state index in [0.717, 1.165) is 18.7 Å². The third kappa shape index (κ3) is 3.26. The summed E-state index contributed by atoms with van der Waals surface area (Å²) in [5.41, 5.74) is 5.55. The van der Waals surface area contributed by atoms with Crippen molar-refractivity contribution < 1.29 is 0 Å². The van der Waals surface area contributed by atoms with Crippen LogP contribution >= 0.6 is 23.4 Å². The number of hydrogen-bond acceptors (Lipinski definition) is 3. The second-order valence-corrected chi connectivity index (χ2v) is 4.55. The zero-order valence-electron chi connectivity index (χ0n) is 8.34. The van der Waals surface area contributed by atoms with E-state index in [4.69, 9.17) is 23.4 Å². The van der Waals surface area contributed by atoms with Crippen LogP contribution in [0.3, 0.4) is 0 Å². The first-order chi connectivity index (χ1) is 7.24. The normalized spacial score (nSPS) is 27.1. The van der Waals surface area contributed by atoms with E-state index >= 15 is 0 Å². The summed E-state index contributed by atoms with van der Waals surface area (Å²) in [5, 5.41) is 0.471. The minimum absolute atomic E-state index is 0.408. The zero-order valence-corrected chi connectivity index (χ0v) is 9.85. The molecule has 2 N–H and O–H groups in total. The molecule has 0 aromatic carbocycles. The van der Waals surface area contributed by atoms with E-state index in [0.29, 0.717) is 11.2 Å². The quantitative estimate of drug-likeness (QED) is 0.553. The number of aliphatic imine (C=N–C) groups is 1. The molecule has 0 aromatic heterocycles. The lowest BCUT2D eigenvalue weighted by atomic mass is 9.96. The van der Waals surface area contributed by atoms with Crippen LogP contribution in [0.5, 0.6) is 0 Å². The number of nitrogens with one attached hydrogen (secondary N) is 2. The Morgan fingerprint density at radius 3 is 2.67 bits per heavy atom. The fraction of sp³-hybridized carbons (Fsp3) is 0.667. The van der Waals surface area contributed by atoms with E-state index in [1.165, 1.54) is 23.9 Å². The largest absolute Gasteiger partial charge is 0.276 e. The van der Waals surface area contributed by atoms with Crippen molar-refractivity contribution in [1.29, 1.82) is 0 Å². The molecular formula is C9H14Cl2N4. The van der Waals surface area contributed by atoms with Gasteiger partial charge in [-0.25, -0.2) is 0 Å². The number of halogens is 2. The molecule has 1 saturated carbocycles. The summed E-state index contributed by atoms with van der Waals surface area (Å²) in [6.07, 6.45) is 7.92. The summed E-state index contributed by atoms with van der Waals surface area (Å²) >= 11 is 11.6. The van der Waals surface area contributed by atoms with Crippen LogP contribution in [0.15, 0.2) is 16.2 Å². The highest BCUT2D eigenvalue weighted by Crippen LogP contribution is 2.20. The third-order valence-electron chi connectivity index (χ3n) is 2.58. The van der Waals surface area contributed by atoms with Gasteiger partial charge in [0.05, 0.1) is 6.04 Å². The van der Waals surface area contributed by atoms with Crippen LogP contribution in [-0.4, -0.2) is 16.5 Å². The van der Waals surface area contributed by atoms with Crippen molar-refractivity contribution in [1.82, 2.24) is 15.5 Å². The summed E-state index contributed by atoms with van der Waals surface area (Å²) in [7, 11) is 0. The molecule has 1 heterocycles. The van der Waals surface area contributed by atoms with Gasteiger partial charge in [-0.05, 0) is 17.5 Å². The summed E-state index contributed by atoms with van der Waals surface area (Å²) in [6.45, 7) is 0. The van der Waals surface area contributed by atoms with Crippen LogP contribution in [0, 0.1) is 0 Å². The Morgan fingerprint density at radius 1 is 1.27 bits per heavy atom. The molecule has 0 amide bonds. The van der Waals surface area contributed by atoms with Crippen molar-refractivity contribution in [3.63, 3.8) is 0 Å². The first kappa shape index (κ1) is 11.0. The molecule has 1 aliphatic carbocycles. The Balaban J connectivity index is 2.01. The van der Waals surface area contributed by atoms with Gasteiger partial charge in [-0.2, -0.15) is 0 Å². The topological polar surface area (TPSA) is 39.7 Å². The Labute approximate surface area is 99.4 Å². The highest BCUT2D eigenvalue weighted by molar-refractivity contribution is 6.31. The highest BCUT2D eigenvalue weighted by Gasteiger charge is 2.16. The second-order valence-electron chi connectivity index (χ2n) is 3.80. The molecule has 0 unspecified atom stereocenters. The van der Waals surface area contributed by atoms with Crippen LogP contribution in [0.2, 0.25) is 0 Å². The van der Waals surface area contributed by atoms with Gasteiger partial charge in [0.2, 0.25) is 0 Å². The van der Waals surface area contributed by atoms with Crippen molar-refractivity contribution in [2.24, 2.45) is 4.99 Å². The molecule has 0 atom stereocenters. The number of rotatable bonds is 1. The van der Waals surface area contributed by atoms with E-state index in [2.05, 4.69) is 15.8 Å². The van der Waals surface area contributed by atoms with Crippen LogP contribution in [0.25, 0.3) is 0 Å². The summed E-state index contributed by atoms with van der Waals surface area (Å²) in [6, 6.07) is 0.408. The van der Waals surface area contributed by atoms with Crippen molar-refractivity contribution in [2.45, 2.75) is 38.1 Å². The van der Waals surface area contributed by atoms with Crippen LogP contribution in [-0.2, 0) is 0 Å². The molecule has 4 nitrogen and oxygen atoms in total. The van der Waals surface area contributed by atoms with Gasteiger partial charge in [0.25, 0.3) is 0 Å². The number of nitrogens with zero attached hydrogens (tertiary/aromatic N) is 2. The molecule has 84 valence electrons. The minimum Gasteiger partial charge on any atom is -0.276 e. The molecule has 0 spiro atoms. The lowest BCUT2D eigenvalue weighted by molar-refractivity contribution is 0.335. The molecule has 15 heavy (non-hydrogen) atoms. The van der Waals surface area contributed by atoms with Crippen molar-refractivity contribution in [3.05, 3.63) is 11.2 Å². The average Bonchev–Trinajstić information content (AvgIpc) is 2.17. The van der Waals surface area contributed by atoms with Gasteiger partial charge in [0, 0.05) is 17.9 Å². The van der Waals surface area contributed by atoms with Crippen LogP contribution in [0.1, 0.15) is 32.1 Å². The van der Waals surface area contributed by atoms with Gasteiger partial charge in [-0.3, -0.25) is 15.8 Å². The van der Waals surface area contributed by atoms with E-state index < -0.39 is 0 Å². The van der Waals surface area contributed by atoms with Gasteiger partial charge in [0.15, 0.2) is 0 Å².